The van der Waals surface area contributed by atoms with Gasteiger partial charge in [0.15, 0.2) is 11.6 Å². The SMILES string of the molecule is Fc1cc(CNC2CC2)ccc1OCc1ccc(Cl)s1. The minimum Gasteiger partial charge on any atom is -0.485 e. The third kappa shape index (κ3) is 3.72. The van der Waals surface area contributed by atoms with Crippen LogP contribution in [0.5, 0.6) is 5.75 Å². The van der Waals surface area contributed by atoms with Crippen LogP contribution in [0.25, 0.3) is 0 Å². The van der Waals surface area contributed by atoms with Crippen LogP contribution in [0.1, 0.15) is 23.3 Å². The van der Waals surface area contributed by atoms with Crippen molar-refractivity contribution in [1.29, 1.82) is 0 Å². The van der Waals surface area contributed by atoms with Gasteiger partial charge in [-0.3, -0.25) is 0 Å². The fourth-order valence-electron chi connectivity index (χ4n) is 1.90. The van der Waals surface area contributed by atoms with Gasteiger partial charge in [-0.15, -0.1) is 11.3 Å². The maximum Gasteiger partial charge on any atom is 0.165 e. The topological polar surface area (TPSA) is 21.3 Å². The molecule has 0 unspecified atom stereocenters. The van der Waals surface area contributed by atoms with Crippen LogP contribution in [0.4, 0.5) is 4.39 Å². The summed E-state index contributed by atoms with van der Waals surface area (Å²) in [5.74, 6) is -0.0348. The van der Waals surface area contributed by atoms with Gasteiger partial charge in [-0.05, 0) is 42.7 Å². The predicted molar refractivity (Wildman–Crippen MR) is 79.9 cm³/mol. The van der Waals surface area contributed by atoms with E-state index >= 15 is 0 Å². The summed E-state index contributed by atoms with van der Waals surface area (Å²) in [5.41, 5.74) is 0.945. The molecule has 3 rings (SSSR count). The summed E-state index contributed by atoms with van der Waals surface area (Å²) in [4.78, 5) is 0.980. The van der Waals surface area contributed by atoms with E-state index in [9.17, 15) is 4.39 Å². The first-order valence-electron chi connectivity index (χ1n) is 6.59. The van der Waals surface area contributed by atoms with Crippen LogP contribution in [0.3, 0.4) is 0 Å². The van der Waals surface area contributed by atoms with E-state index in [1.807, 2.05) is 18.2 Å². The Morgan fingerprint density at radius 1 is 1.30 bits per heavy atom. The molecule has 1 N–H and O–H groups in total. The number of rotatable bonds is 6. The Morgan fingerprint density at radius 3 is 2.80 bits per heavy atom. The summed E-state index contributed by atoms with van der Waals surface area (Å²) in [7, 11) is 0. The zero-order valence-electron chi connectivity index (χ0n) is 10.9. The number of benzene rings is 1. The van der Waals surface area contributed by atoms with Gasteiger partial charge in [0.2, 0.25) is 0 Å². The molecule has 1 fully saturated rings. The normalized spacial score (nSPS) is 14.5. The zero-order valence-corrected chi connectivity index (χ0v) is 12.4. The molecule has 0 saturated heterocycles. The average molecular weight is 312 g/mol. The summed E-state index contributed by atoms with van der Waals surface area (Å²) in [5, 5.41) is 3.36. The Hall–Kier alpha value is -1.10. The molecule has 1 aromatic carbocycles. The number of hydrogen-bond acceptors (Lipinski definition) is 3. The van der Waals surface area contributed by atoms with Gasteiger partial charge in [0.05, 0.1) is 4.34 Å². The first kappa shape index (κ1) is 13.9. The molecule has 0 spiro atoms. The number of nitrogens with one attached hydrogen (secondary N) is 1. The molecule has 20 heavy (non-hydrogen) atoms. The first-order valence-corrected chi connectivity index (χ1v) is 7.79. The van der Waals surface area contributed by atoms with Crippen molar-refractivity contribution in [3.8, 4) is 5.75 Å². The molecular formula is C15H15ClFNOS. The Kier molecular flexibility index (Phi) is 4.24. The van der Waals surface area contributed by atoms with Crippen molar-refractivity contribution in [3.63, 3.8) is 0 Å². The second-order valence-corrected chi connectivity index (χ2v) is 6.71. The molecule has 1 aliphatic carbocycles. The maximum absolute atomic E-state index is 13.9. The highest BCUT2D eigenvalue weighted by Gasteiger charge is 2.20. The Balaban J connectivity index is 1.58. The highest BCUT2D eigenvalue weighted by molar-refractivity contribution is 7.16. The first-order chi connectivity index (χ1) is 9.70. The monoisotopic (exact) mass is 311 g/mol. The van der Waals surface area contributed by atoms with E-state index in [0.717, 1.165) is 10.4 Å². The summed E-state index contributed by atoms with van der Waals surface area (Å²) in [6, 6.07) is 9.44. The number of halogens is 2. The van der Waals surface area contributed by atoms with Gasteiger partial charge in [0.1, 0.15) is 6.61 Å². The largest absolute Gasteiger partial charge is 0.485 e. The van der Waals surface area contributed by atoms with E-state index in [1.165, 1.54) is 30.2 Å². The highest BCUT2D eigenvalue weighted by atomic mass is 35.5. The van der Waals surface area contributed by atoms with Gasteiger partial charge >= 0.3 is 0 Å². The van der Waals surface area contributed by atoms with Crippen molar-refractivity contribution in [2.45, 2.75) is 32.0 Å². The van der Waals surface area contributed by atoms with Crippen molar-refractivity contribution >= 4 is 22.9 Å². The van der Waals surface area contributed by atoms with Crippen LogP contribution in [-0.4, -0.2) is 6.04 Å². The Morgan fingerprint density at radius 2 is 2.15 bits per heavy atom. The molecular weight excluding hydrogens is 297 g/mol. The predicted octanol–water partition coefficient (Wildman–Crippen LogP) is 4.37. The molecule has 1 aromatic heterocycles. The Bertz CT molecular complexity index is 597. The highest BCUT2D eigenvalue weighted by Crippen LogP contribution is 2.25. The lowest BCUT2D eigenvalue weighted by atomic mass is 10.2. The minimum absolute atomic E-state index is 0.282. The fraction of sp³-hybridized carbons (Fsp3) is 0.333. The second-order valence-electron chi connectivity index (χ2n) is 4.91. The van der Waals surface area contributed by atoms with Gasteiger partial charge in [-0.25, -0.2) is 4.39 Å². The second kappa shape index (κ2) is 6.12. The fourth-order valence-corrected chi connectivity index (χ4v) is 2.90. The van der Waals surface area contributed by atoms with Crippen LogP contribution in [0.15, 0.2) is 30.3 Å². The van der Waals surface area contributed by atoms with E-state index < -0.39 is 0 Å². The summed E-state index contributed by atoms with van der Waals surface area (Å²) >= 11 is 7.28. The van der Waals surface area contributed by atoms with E-state index in [2.05, 4.69) is 5.32 Å². The Labute approximate surface area is 126 Å². The van der Waals surface area contributed by atoms with Crippen molar-refractivity contribution in [2.24, 2.45) is 0 Å². The van der Waals surface area contributed by atoms with Crippen LogP contribution in [-0.2, 0) is 13.2 Å². The summed E-state index contributed by atoms with van der Waals surface area (Å²) < 4.78 is 20.1. The molecule has 0 radical (unpaired) electrons. The molecule has 2 aromatic rings. The van der Waals surface area contributed by atoms with Gasteiger partial charge in [-0.1, -0.05) is 17.7 Å². The summed E-state index contributed by atoms with van der Waals surface area (Å²) in [6.45, 7) is 1.05. The molecule has 2 nitrogen and oxygen atoms in total. The standard InChI is InChI=1S/C15H15ClFNOS/c16-15-6-4-12(20-15)9-19-14-5-1-10(7-13(14)17)8-18-11-2-3-11/h1,4-7,11,18H,2-3,8-9H2. The molecule has 0 atom stereocenters. The minimum atomic E-state index is -0.317. The lowest BCUT2D eigenvalue weighted by Crippen LogP contribution is -2.15. The molecule has 0 aliphatic heterocycles. The molecule has 1 heterocycles. The molecule has 5 heteroatoms. The molecule has 0 bridgehead atoms. The number of thiophene rings is 1. The molecule has 106 valence electrons. The van der Waals surface area contributed by atoms with Gasteiger partial charge in [0, 0.05) is 17.5 Å². The van der Waals surface area contributed by atoms with Crippen LogP contribution < -0.4 is 10.1 Å². The van der Waals surface area contributed by atoms with Crippen molar-refractivity contribution in [2.75, 3.05) is 0 Å². The lowest BCUT2D eigenvalue weighted by molar-refractivity contribution is 0.293. The van der Waals surface area contributed by atoms with Crippen molar-refractivity contribution < 1.29 is 9.13 Å². The third-order valence-corrected chi connectivity index (χ3v) is 4.37. The number of ether oxygens (including phenoxy) is 1. The van der Waals surface area contributed by atoms with Gasteiger partial charge in [0.25, 0.3) is 0 Å². The van der Waals surface area contributed by atoms with Crippen LogP contribution >= 0.6 is 22.9 Å². The van der Waals surface area contributed by atoms with Gasteiger partial charge in [-0.2, -0.15) is 0 Å². The van der Waals surface area contributed by atoms with E-state index in [-0.39, 0.29) is 11.6 Å². The lowest BCUT2D eigenvalue weighted by Gasteiger charge is -2.08. The number of hydrogen-bond donors (Lipinski definition) is 1. The smallest absolute Gasteiger partial charge is 0.165 e. The van der Waals surface area contributed by atoms with E-state index in [4.69, 9.17) is 16.3 Å². The van der Waals surface area contributed by atoms with E-state index in [1.54, 1.807) is 6.07 Å². The quantitative estimate of drug-likeness (QED) is 0.855. The molecule has 1 aliphatic rings. The van der Waals surface area contributed by atoms with Crippen molar-refractivity contribution in [3.05, 3.63) is 50.9 Å². The van der Waals surface area contributed by atoms with Crippen molar-refractivity contribution in [1.82, 2.24) is 5.32 Å². The molecule has 0 amide bonds. The average Bonchev–Trinajstić information content (AvgIpc) is 3.17. The van der Waals surface area contributed by atoms with Crippen LogP contribution in [0, 0.1) is 5.82 Å². The zero-order chi connectivity index (χ0) is 13.9. The third-order valence-electron chi connectivity index (χ3n) is 3.17. The van der Waals surface area contributed by atoms with Crippen LogP contribution in [0.2, 0.25) is 4.34 Å². The molecule has 1 saturated carbocycles. The van der Waals surface area contributed by atoms with E-state index in [0.29, 0.717) is 23.5 Å². The van der Waals surface area contributed by atoms with Gasteiger partial charge < -0.3 is 10.1 Å². The summed E-state index contributed by atoms with van der Waals surface area (Å²) in [6.07, 6.45) is 2.46. The maximum atomic E-state index is 13.9.